The van der Waals surface area contributed by atoms with Crippen LogP contribution >= 0.6 is 11.3 Å². The van der Waals surface area contributed by atoms with Crippen molar-refractivity contribution < 1.29 is 4.79 Å². The largest absolute Gasteiger partial charge is 0.368 e. The molecule has 2 aromatic rings. The minimum absolute atomic E-state index is 0.0409. The van der Waals surface area contributed by atoms with E-state index in [2.05, 4.69) is 10.3 Å². The fraction of sp³-hybridized carbons (Fsp3) is 0.231. The summed E-state index contributed by atoms with van der Waals surface area (Å²) in [6.07, 6.45) is 2.13. The van der Waals surface area contributed by atoms with Crippen molar-refractivity contribution in [3.05, 3.63) is 42.1 Å². The van der Waals surface area contributed by atoms with Crippen LogP contribution in [-0.4, -0.2) is 25.0 Å². The van der Waals surface area contributed by atoms with Gasteiger partial charge in [-0.1, -0.05) is 41.7 Å². The zero-order valence-electron chi connectivity index (χ0n) is 10.4. The van der Waals surface area contributed by atoms with E-state index in [9.17, 15) is 4.79 Å². The number of carbonyl (C=O) groups is 1. The van der Waals surface area contributed by atoms with Crippen LogP contribution in [0.3, 0.4) is 0 Å². The number of amides is 1. The number of anilines is 2. The first-order valence-corrected chi connectivity index (χ1v) is 6.44. The van der Waals surface area contributed by atoms with Crippen LogP contribution in [0, 0.1) is 0 Å². The molecule has 0 unspecified atom stereocenters. The SMILES string of the molecule is CN(C)c1cnc(NC(=O)Cc2ccccc2)s1. The molecule has 1 aromatic heterocycles. The molecule has 1 aromatic carbocycles. The number of rotatable bonds is 4. The van der Waals surface area contributed by atoms with E-state index in [0.717, 1.165) is 10.6 Å². The van der Waals surface area contributed by atoms with Crippen molar-refractivity contribution in [3.8, 4) is 0 Å². The lowest BCUT2D eigenvalue weighted by atomic mass is 10.1. The molecule has 2 rings (SSSR count). The van der Waals surface area contributed by atoms with E-state index in [1.807, 2.05) is 49.3 Å². The molecule has 94 valence electrons. The predicted molar refractivity (Wildman–Crippen MR) is 75.2 cm³/mol. The third kappa shape index (κ3) is 3.30. The van der Waals surface area contributed by atoms with Crippen LogP contribution < -0.4 is 10.2 Å². The van der Waals surface area contributed by atoms with Crippen LogP contribution in [-0.2, 0) is 11.2 Å². The highest BCUT2D eigenvalue weighted by molar-refractivity contribution is 7.19. The van der Waals surface area contributed by atoms with Gasteiger partial charge in [-0.15, -0.1) is 0 Å². The lowest BCUT2D eigenvalue weighted by molar-refractivity contribution is -0.115. The molecule has 0 bridgehead atoms. The highest BCUT2D eigenvalue weighted by atomic mass is 32.1. The topological polar surface area (TPSA) is 45.2 Å². The van der Waals surface area contributed by atoms with Gasteiger partial charge < -0.3 is 10.2 Å². The average molecular weight is 261 g/mol. The average Bonchev–Trinajstić information content (AvgIpc) is 2.78. The lowest BCUT2D eigenvalue weighted by Gasteiger charge is -2.06. The standard InChI is InChI=1S/C13H15N3OS/c1-16(2)12-9-14-13(18-12)15-11(17)8-10-6-4-3-5-7-10/h3-7,9H,8H2,1-2H3,(H,14,15,17). The van der Waals surface area contributed by atoms with E-state index < -0.39 is 0 Å². The van der Waals surface area contributed by atoms with Gasteiger partial charge in [-0.2, -0.15) is 0 Å². The lowest BCUT2D eigenvalue weighted by Crippen LogP contribution is -2.14. The zero-order valence-corrected chi connectivity index (χ0v) is 11.2. The Morgan fingerprint density at radius 3 is 2.67 bits per heavy atom. The Hall–Kier alpha value is -1.88. The molecule has 0 aliphatic carbocycles. The number of nitrogens with one attached hydrogen (secondary N) is 1. The Bertz CT molecular complexity index is 522. The van der Waals surface area contributed by atoms with Crippen molar-refractivity contribution in [2.24, 2.45) is 0 Å². The Labute approximate surface area is 110 Å². The minimum Gasteiger partial charge on any atom is -0.368 e. The fourth-order valence-corrected chi connectivity index (χ4v) is 2.23. The summed E-state index contributed by atoms with van der Waals surface area (Å²) < 4.78 is 0. The van der Waals surface area contributed by atoms with E-state index >= 15 is 0 Å². The number of hydrogen-bond donors (Lipinski definition) is 1. The molecule has 0 spiro atoms. The Balaban J connectivity index is 1.95. The molecule has 5 heteroatoms. The smallest absolute Gasteiger partial charge is 0.230 e. The van der Waals surface area contributed by atoms with Crippen molar-refractivity contribution in [2.75, 3.05) is 24.3 Å². The minimum atomic E-state index is -0.0409. The molecular weight excluding hydrogens is 246 g/mol. The second-order valence-electron chi connectivity index (χ2n) is 4.11. The monoisotopic (exact) mass is 261 g/mol. The molecule has 0 saturated heterocycles. The third-order valence-electron chi connectivity index (χ3n) is 2.39. The molecule has 0 aliphatic rings. The van der Waals surface area contributed by atoms with Gasteiger partial charge >= 0.3 is 0 Å². The summed E-state index contributed by atoms with van der Waals surface area (Å²) in [5, 5.41) is 4.46. The third-order valence-corrected chi connectivity index (χ3v) is 3.47. The van der Waals surface area contributed by atoms with Crippen LogP contribution in [0.5, 0.6) is 0 Å². The van der Waals surface area contributed by atoms with Gasteiger partial charge in [0.1, 0.15) is 5.00 Å². The maximum absolute atomic E-state index is 11.8. The van der Waals surface area contributed by atoms with Crippen LogP contribution in [0.2, 0.25) is 0 Å². The first kappa shape index (κ1) is 12.6. The van der Waals surface area contributed by atoms with E-state index in [1.54, 1.807) is 6.20 Å². The molecule has 0 saturated carbocycles. The summed E-state index contributed by atoms with van der Waals surface area (Å²) in [4.78, 5) is 17.9. The van der Waals surface area contributed by atoms with E-state index in [-0.39, 0.29) is 5.91 Å². The maximum Gasteiger partial charge on any atom is 0.230 e. The van der Waals surface area contributed by atoms with E-state index in [1.165, 1.54) is 11.3 Å². The molecular formula is C13H15N3OS. The summed E-state index contributed by atoms with van der Waals surface area (Å²) in [5.74, 6) is -0.0409. The number of nitrogens with zero attached hydrogens (tertiary/aromatic N) is 2. The molecule has 0 radical (unpaired) electrons. The van der Waals surface area contributed by atoms with Gasteiger partial charge in [-0.3, -0.25) is 4.79 Å². The number of hydrogen-bond acceptors (Lipinski definition) is 4. The summed E-state index contributed by atoms with van der Waals surface area (Å²) in [6.45, 7) is 0. The number of benzene rings is 1. The van der Waals surface area contributed by atoms with Crippen LogP contribution in [0.25, 0.3) is 0 Å². The highest BCUT2D eigenvalue weighted by Gasteiger charge is 2.08. The zero-order chi connectivity index (χ0) is 13.0. The van der Waals surface area contributed by atoms with Gasteiger partial charge in [0.05, 0.1) is 12.6 Å². The van der Waals surface area contributed by atoms with E-state index in [0.29, 0.717) is 11.6 Å². The van der Waals surface area contributed by atoms with Crippen molar-refractivity contribution in [2.45, 2.75) is 6.42 Å². The molecule has 18 heavy (non-hydrogen) atoms. The second kappa shape index (κ2) is 5.64. The fourth-order valence-electron chi connectivity index (χ4n) is 1.47. The summed E-state index contributed by atoms with van der Waals surface area (Å²) >= 11 is 1.46. The van der Waals surface area contributed by atoms with Gasteiger partial charge in [-0.05, 0) is 5.56 Å². The van der Waals surface area contributed by atoms with Crippen LogP contribution in [0.1, 0.15) is 5.56 Å². The number of thiazole rings is 1. The molecule has 1 N–H and O–H groups in total. The van der Waals surface area contributed by atoms with Crippen molar-refractivity contribution in [1.82, 2.24) is 4.98 Å². The van der Waals surface area contributed by atoms with Crippen molar-refractivity contribution in [3.63, 3.8) is 0 Å². The summed E-state index contributed by atoms with van der Waals surface area (Å²) in [6, 6.07) is 9.66. The quantitative estimate of drug-likeness (QED) is 0.919. The first-order chi connectivity index (χ1) is 8.65. The van der Waals surface area contributed by atoms with E-state index in [4.69, 9.17) is 0 Å². The van der Waals surface area contributed by atoms with Crippen LogP contribution in [0.4, 0.5) is 10.1 Å². The normalized spacial score (nSPS) is 10.1. The Morgan fingerprint density at radius 2 is 2.06 bits per heavy atom. The molecule has 4 nitrogen and oxygen atoms in total. The second-order valence-corrected chi connectivity index (χ2v) is 5.12. The Kier molecular flexibility index (Phi) is 3.94. The van der Waals surface area contributed by atoms with Gasteiger partial charge in [0.25, 0.3) is 0 Å². The summed E-state index contributed by atoms with van der Waals surface area (Å²) in [7, 11) is 3.90. The van der Waals surface area contributed by atoms with Crippen LogP contribution in [0.15, 0.2) is 36.5 Å². The molecule has 0 atom stereocenters. The first-order valence-electron chi connectivity index (χ1n) is 5.62. The van der Waals surface area contributed by atoms with Crippen molar-refractivity contribution in [1.29, 1.82) is 0 Å². The number of carbonyl (C=O) groups excluding carboxylic acids is 1. The summed E-state index contributed by atoms with van der Waals surface area (Å²) in [5.41, 5.74) is 0.999. The maximum atomic E-state index is 11.8. The highest BCUT2D eigenvalue weighted by Crippen LogP contribution is 2.25. The van der Waals surface area contributed by atoms with Crippen molar-refractivity contribution >= 4 is 27.4 Å². The molecule has 0 fully saturated rings. The van der Waals surface area contributed by atoms with Gasteiger partial charge in [0.2, 0.25) is 5.91 Å². The Morgan fingerprint density at radius 1 is 1.33 bits per heavy atom. The predicted octanol–water partition coefficient (Wildman–Crippen LogP) is 2.39. The van der Waals surface area contributed by atoms with Gasteiger partial charge in [0.15, 0.2) is 5.13 Å². The molecule has 0 aliphatic heterocycles. The van der Waals surface area contributed by atoms with Gasteiger partial charge in [0, 0.05) is 14.1 Å². The number of aromatic nitrogens is 1. The molecule has 1 amide bonds. The molecule has 1 heterocycles. The van der Waals surface area contributed by atoms with Gasteiger partial charge in [-0.25, -0.2) is 4.98 Å².